The Bertz CT molecular complexity index is 2680. The third-order valence-electron chi connectivity index (χ3n) is 10.6. The van der Waals surface area contributed by atoms with Crippen LogP contribution in [0.1, 0.15) is 27.7 Å². The number of nitrogens with zero attached hydrogens (tertiary/aromatic N) is 6. The predicted molar refractivity (Wildman–Crippen MR) is 227 cm³/mol. The molecule has 1 aliphatic heterocycles. The van der Waals surface area contributed by atoms with Gasteiger partial charge in [-0.1, -0.05) is 158 Å². The summed E-state index contributed by atoms with van der Waals surface area (Å²) in [5.41, 5.74) is 7.34. The monoisotopic (exact) mass is 742 g/mol. The molecule has 2 aromatic heterocycles. The molecule has 9 heteroatoms. The number of hydrogen-bond acceptors (Lipinski definition) is 8. The molecule has 57 heavy (non-hydrogen) atoms. The summed E-state index contributed by atoms with van der Waals surface area (Å²) in [7, 11) is -0.519. The summed E-state index contributed by atoms with van der Waals surface area (Å²) in [6.45, 7) is 8.22. The molecule has 8 aromatic rings. The highest BCUT2D eigenvalue weighted by atomic mass is 16.7. The molecule has 0 bridgehead atoms. The molecule has 0 atom stereocenters. The molecular formula is C48H39BN6O2. The molecule has 0 amide bonds. The second-order valence-corrected chi connectivity index (χ2v) is 15.1. The summed E-state index contributed by atoms with van der Waals surface area (Å²) in [6, 6.07) is 54.6. The molecule has 0 unspecified atom stereocenters. The van der Waals surface area contributed by atoms with Gasteiger partial charge in [0.2, 0.25) is 0 Å². The van der Waals surface area contributed by atoms with E-state index < -0.39 is 18.3 Å². The summed E-state index contributed by atoms with van der Waals surface area (Å²) in [6.07, 6.45) is 0. The zero-order valence-electron chi connectivity index (χ0n) is 32.2. The molecule has 1 fully saturated rings. The van der Waals surface area contributed by atoms with Gasteiger partial charge < -0.3 is 9.31 Å². The molecule has 0 aliphatic carbocycles. The third-order valence-corrected chi connectivity index (χ3v) is 10.6. The van der Waals surface area contributed by atoms with Crippen LogP contribution in [-0.2, 0) is 9.31 Å². The van der Waals surface area contributed by atoms with Gasteiger partial charge in [0.05, 0.1) is 11.2 Å². The molecule has 0 radical (unpaired) electrons. The second-order valence-electron chi connectivity index (χ2n) is 15.1. The first-order valence-electron chi connectivity index (χ1n) is 19.0. The van der Waals surface area contributed by atoms with Gasteiger partial charge in [0, 0.05) is 33.4 Å². The maximum atomic E-state index is 6.39. The average molecular weight is 743 g/mol. The van der Waals surface area contributed by atoms with E-state index in [2.05, 4.69) is 64.1 Å². The van der Waals surface area contributed by atoms with E-state index in [1.54, 1.807) is 0 Å². The highest BCUT2D eigenvalue weighted by Gasteiger charge is 2.51. The second kappa shape index (κ2) is 14.8. The standard InChI is InChI=1S/C48H39BN6O2/c1-47(2)48(3,4)57-49(56-47)40-25-15-24-39(31-40)46-53-42(35-20-12-7-13-21-35)52-45(55-46)38-23-14-22-37(30-38)44-51-41(34-18-10-6-11-19-34)50-43(54-44)36-28-26-33(27-29-36)32-16-8-5-9-17-32/h5-31H,1-4H3. The molecule has 1 aliphatic rings. The number of rotatable bonds is 8. The lowest BCUT2D eigenvalue weighted by Gasteiger charge is -2.32. The minimum Gasteiger partial charge on any atom is -0.399 e. The molecule has 276 valence electrons. The molecule has 0 spiro atoms. The lowest BCUT2D eigenvalue weighted by atomic mass is 9.78. The normalized spacial score (nSPS) is 14.4. The van der Waals surface area contributed by atoms with Crippen molar-refractivity contribution >= 4 is 12.6 Å². The number of benzene rings is 6. The summed E-state index contributed by atoms with van der Waals surface area (Å²) in [5.74, 6) is 3.34. The van der Waals surface area contributed by atoms with Crippen LogP contribution in [0.4, 0.5) is 0 Å². The minimum absolute atomic E-state index is 0.465. The van der Waals surface area contributed by atoms with Crippen LogP contribution in [0.3, 0.4) is 0 Å². The van der Waals surface area contributed by atoms with Crippen molar-refractivity contribution in [3.05, 3.63) is 164 Å². The molecule has 3 heterocycles. The van der Waals surface area contributed by atoms with Gasteiger partial charge in [-0.05, 0) is 50.4 Å². The minimum atomic E-state index is -0.519. The zero-order valence-corrected chi connectivity index (χ0v) is 32.2. The van der Waals surface area contributed by atoms with Crippen molar-refractivity contribution < 1.29 is 9.31 Å². The molecule has 9 rings (SSSR count). The van der Waals surface area contributed by atoms with Crippen LogP contribution in [0.15, 0.2) is 164 Å². The van der Waals surface area contributed by atoms with Crippen molar-refractivity contribution in [2.24, 2.45) is 0 Å². The first kappa shape index (κ1) is 36.0. The Morgan fingerprint density at radius 2 is 0.614 bits per heavy atom. The van der Waals surface area contributed by atoms with Crippen LogP contribution >= 0.6 is 0 Å². The van der Waals surface area contributed by atoms with Crippen LogP contribution in [-0.4, -0.2) is 48.2 Å². The number of aromatic nitrogens is 6. The Kier molecular flexibility index (Phi) is 9.32. The predicted octanol–water partition coefficient (Wildman–Crippen LogP) is 10.0. The van der Waals surface area contributed by atoms with Crippen molar-refractivity contribution in [3.63, 3.8) is 0 Å². The fourth-order valence-corrected chi connectivity index (χ4v) is 6.74. The van der Waals surface area contributed by atoms with Crippen LogP contribution < -0.4 is 5.46 Å². The SMILES string of the molecule is CC1(C)OB(c2cccc(-c3nc(-c4ccccc4)nc(-c4cccc(-c5nc(-c6ccccc6)nc(-c6ccc(-c7ccccc7)cc6)n5)c4)n3)c2)OC1(C)C. The lowest BCUT2D eigenvalue weighted by molar-refractivity contribution is 0.00578. The molecular weight excluding hydrogens is 703 g/mol. The molecule has 6 aromatic carbocycles. The highest BCUT2D eigenvalue weighted by molar-refractivity contribution is 6.62. The summed E-state index contributed by atoms with van der Waals surface area (Å²) in [5, 5.41) is 0. The fraction of sp³-hybridized carbons (Fsp3) is 0.125. The van der Waals surface area contributed by atoms with E-state index in [9.17, 15) is 0 Å². The molecule has 8 nitrogen and oxygen atoms in total. The smallest absolute Gasteiger partial charge is 0.399 e. The summed E-state index contributed by atoms with van der Waals surface area (Å²) >= 11 is 0. The van der Waals surface area contributed by atoms with Crippen LogP contribution in [0.5, 0.6) is 0 Å². The van der Waals surface area contributed by atoms with Gasteiger partial charge in [-0.25, -0.2) is 29.9 Å². The fourth-order valence-electron chi connectivity index (χ4n) is 6.74. The summed E-state index contributed by atoms with van der Waals surface area (Å²) in [4.78, 5) is 30.0. The lowest BCUT2D eigenvalue weighted by Crippen LogP contribution is -2.41. The largest absolute Gasteiger partial charge is 0.494 e. The van der Waals surface area contributed by atoms with Crippen molar-refractivity contribution in [3.8, 4) is 79.5 Å². The first-order valence-corrected chi connectivity index (χ1v) is 19.0. The molecule has 0 saturated carbocycles. The Hall–Kier alpha value is -6.68. The van der Waals surface area contributed by atoms with Gasteiger partial charge in [-0.2, -0.15) is 0 Å². The Labute approximate surface area is 332 Å². The Balaban J connectivity index is 1.12. The van der Waals surface area contributed by atoms with E-state index in [0.717, 1.165) is 50.0 Å². The van der Waals surface area contributed by atoms with Crippen molar-refractivity contribution in [2.45, 2.75) is 38.9 Å². The van der Waals surface area contributed by atoms with E-state index in [4.69, 9.17) is 39.2 Å². The van der Waals surface area contributed by atoms with Gasteiger partial charge in [-0.3, -0.25) is 0 Å². The highest BCUT2D eigenvalue weighted by Crippen LogP contribution is 2.37. The van der Waals surface area contributed by atoms with E-state index in [-0.39, 0.29) is 0 Å². The van der Waals surface area contributed by atoms with Crippen molar-refractivity contribution in [1.82, 2.24) is 29.9 Å². The van der Waals surface area contributed by atoms with E-state index in [1.807, 2.05) is 127 Å². The summed E-state index contributed by atoms with van der Waals surface area (Å²) < 4.78 is 12.8. The van der Waals surface area contributed by atoms with Crippen LogP contribution in [0, 0.1) is 0 Å². The van der Waals surface area contributed by atoms with E-state index in [0.29, 0.717) is 34.9 Å². The van der Waals surface area contributed by atoms with Gasteiger partial charge >= 0.3 is 7.12 Å². The Morgan fingerprint density at radius 3 is 1.05 bits per heavy atom. The average Bonchev–Trinajstić information content (AvgIpc) is 3.50. The zero-order chi connectivity index (χ0) is 39.0. The molecule has 1 saturated heterocycles. The van der Waals surface area contributed by atoms with E-state index in [1.165, 1.54) is 0 Å². The van der Waals surface area contributed by atoms with Crippen molar-refractivity contribution in [2.75, 3.05) is 0 Å². The van der Waals surface area contributed by atoms with Gasteiger partial charge in [0.1, 0.15) is 0 Å². The van der Waals surface area contributed by atoms with Crippen LogP contribution in [0.2, 0.25) is 0 Å². The van der Waals surface area contributed by atoms with E-state index >= 15 is 0 Å². The topological polar surface area (TPSA) is 95.8 Å². The maximum Gasteiger partial charge on any atom is 0.494 e. The van der Waals surface area contributed by atoms with Gasteiger partial charge in [0.25, 0.3) is 0 Å². The van der Waals surface area contributed by atoms with Gasteiger partial charge in [0.15, 0.2) is 34.9 Å². The quantitative estimate of drug-likeness (QED) is 0.142. The number of hydrogen-bond donors (Lipinski definition) is 0. The van der Waals surface area contributed by atoms with Crippen molar-refractivity contribution in [1.29, 1.82) is 0 Å². The third kappa shape index (κ3) is 7.38. The maximum absolute atomic E-state index is 6.39. The van der Waals surface area contributed by atoms with Crippen LogP contribution in [0.25, 0.3) is 79.5 Å². The molecule has 0 N–H and O–H groups in total. The Morgan fingerprint density at radius 1 is 0.316 bits per heavy atom. The van der Waals surface area contributed by atoms with Gasteiger partial charge in [-0.15, -0.1) is 0 Å². The first-order chi connectivity index (χ1) is 27.7.